The smallest absolute Gasteiger partial charge is 0.308 e. The Balaban J connectivity index is 1.93. The summed E-state index contributed by atoms with van der Waals surface area (Å²) in [5, 5.41) is 10.7. The molecular weight excluding hydrogens is 284 g/mol. The second kappa shape index (κ2) is 7.95. The fourth-order valence-corrected chi connectivity index (χ4v) is 4.22. The number of carbonyl (C=O) groups is 2. The number of carbonyl (C=O) groups excluding carboxylic acids is 2. The first kappa shape index (κ1) is 17.3. The fraction of sp³-hybridized carbons (Fsp3) is 0.882. The summed E-state index contributed by atoms with van der Waals surface area (Å²) in [5.74, 6) is -0.212. The van der Waals surface area contributed by atoms with Crippen LogP contribution < -0.4 is 0 Å². The van der Waals surface area contributed by atoms with Gasteiger partial charge in [0.2, 0.25) is 0 Å². The van der Waals surface area contributed by atoms with Crippen LogP contribution in [0.15, 0.2) is 0 Å². The Bertz CT molecular complexity index is 359. The SMILES string of the molecule is COC(=O)C1CCCC(C(O)C2CCCC(C(=O)OC)C2)C1. The summed E-state index contributed by atoms with van der Waals surface area (Å²) < 4.78 is 9.69. The van der Waals surface area contributed by atoms with Crippen LogP contribution in [0, 0.1) is 23.7 Å². The van der Waals surface area contributed by atoms with Gasteiger partial charge in [-0.05, 0) is 50.4 Å². The zero-order valence-corrected chi connectivity index (χ0v) is 13.6. The van der Waals surface area contributed by atoms with E-state index in [1.807, 2.05) is 0 Å². The summed E-state index contributed by atoms with van der Waals surface area (Å²) in [6, 6.07) is 0. The summed E-state index contributed by atoms with van der Waals surface area (Å²) in [6.07, 6.45) is 6.49. The van der Waals surface area contributed by atoms with Crippen molar-refractivity contribution in [2.75, 3.05) is 14.2 Å². The van der Waals surface area contributed by atoms with Gasteiger partial charge in [-0.15, -0.1) is 0 Å². The molecule has 22 heavy (non-hydrogen) atoms. The average molecular weight is 312 g/mol. The number of methoxy groups -OCH3 is 2. The van der Waals surface area contributed by atoms with Crippen LogP contribution in [-0.4, -0.2) is 37.4 Å². The molecule has 5 heteroatoms. The Labute approximate surface area is 132 Å². The minimum Gasteiger partial charge on any atom is -0.469 e. The molecule has 0 heterocycles. The third kappa shape index (κ3) is 4.00. The van der Waals surface area contributed by atoms with Gasteiger partial charge in [-0.1, -0.05) is 12.8 Å². The van der Waals surface area contributed by atoms with Crippen molar-refractivity contribution in [2.24, 2.45) is 23.7 Å². The second-order valence-corrected chi connectivity index (χ2v) is 6.78. The summed E-state index contributed by atoms with van der Waals surface area (Å²) in [5.41, 5.74) is 0. The van der Waals surface area contributed by atoms with Crippen molar-refractivity contribution in [3.05, 3.63) is 0 Å². The van der Waals surface area contributed by atoms with Gasteiger partial charge in [-0.2, -0.15) is 0 Å². The van der Waals surface area contributed by atoms with Crippen LogP contribution >= 0.6 is 0 Å². The summed E-state index contributed by atoms with van der Waals surface area (Å²) in [6.45, 7) is 0. The maximum Gasteiger partial charge on any atom is 0.308 e. The van der Waals surface area contributed by atoms with Crippen LogP contribution in [0.5, 0.6) is 0 Å². The number of hydrogen-bond donors (Lipinski definition) is 1. The van der Waals surface area contributed by atoms with Gasteiger partial charge in [0, 0.05) is 0 Å². The van der Waals surface area contributed by atoms with Crippen LogP contribution in [0.25, 0.3) is 0 Å². The maximum atomic E-state index is 11.7. The number of aliphatic hydroxyl groups is 1. The van der Waals surface area contributed by atoms with Crippen LogP contribution in [0.1, 0.15) is 51.4 Å². The lowest BCUT2D eigenvalue weighted by Crippen LogP contribution is -2.38. The van der Waals surface area contributed by atoms with E-state index >= 15 is 0 Å². The van der Waals surface area contributed by atoms with Crippen LogP contribution in [0.3, 0.4) is 0 Å². The molecule has 126 valence electrons. The summed E-state index contributed by atoms with van der Waals surface area (Å²) >= 11 is 0. The quantitative estimate of drug-likeness (QED) is 0.806. The first-order valence-electron chi connectivity index (χ1n) is 8.40. The molecule has 0 aliphatic heterocycles. The van der Waals surface area contributed by atoms with Crippen molar-refractivity contribution < 1.29 is 24.2 Å². The Morgan fingerprint density at radius 2 is 1.27 bits per heavy atom. The standard InChI is InChI=1S/C17H28O5/c1-21-16(19)13-7-3-5-11(9-13)15(18)12-6-4-8-14(10-12)17(20)22-2/h11-15,18H,3-10H2,1-2H3. The Kier molecular flexibility index (Phi) is 6.24. The predicted octanol–water partition coefficient (Wildman–Crippen LogP) is 2.31. The van der Waals surface area contributed by atoms with Crippen molar-refractivity contribution in [1.82, 2.24) is 0 Å². The monoisotopic (exact) mass is 312 g/mol. The molecule has 4 atom stereocenters. The van der Waals surface area contributed by atoms with E-state index in [0.29, 0.717) is 12.8 Å². The lowest BCUT2D eigenvalue weighted by atomic mass is 9.70. The molecule has 4 unspecified atom stereocenters. The van der Waals surface area contributed by atoms with Crippen LogP contribution in [0.2, 0.25) is 0 Å². The topological polar surface area (TPSA) is 72.8 Å². The molecule has 0 bridgehead atoms. The van der Waals surface area contributed by atoms with Gasteiger partial charge in [0.15, 0.2) is 0 Å². The van der Waals surface area contributed by atoms with Gasteiger partial charge < -0.3 is 14.6 Å². The van der Waals surface area contributed by atoms with Crippen LogP contribution in [0.4, 0.5) is 0 Å². The number of rotatable bonds is 4. The molecule has 0 amide bonds. The van der Waals surface area contributed by atoms with Gasteiger partial charge in [0.25, 0.3) is 0 Å². The fourth-order valence-electron chi connectivity index (χ4n) is 4.22. The Morgan fingerprint density at radius 3 is 1.64 bits per heavy atom. The molecule has 2 aliphatic rings. The zero-order chi connectivity index (χ0) is 16.1. The van der Waals surface area contributed by atoms with E-state index in [0.717, 1.165) is 38.5 Å². The van der Waals surface area contributed by atoms with Crippen molar-refractivity contribution in [1.29, 1.82) is 0 Å². The van der Waals surface area contributed by atoms with E-state index in [9.17, 15) is 14.7 Å². The van der Waals surface area contributed by atoms with E-state index in [-0.39, 0.29) is 35.6 Å². The number of hydrogen-bond acceptors (Lipinski definition) is 5. The molecule has 0 saturated heterocycles. The highest BCUT2D eigenvalue weighted by molar-refractivity contribution is 5.72. The number of aliphatic hydroxyl groups excluding tert-OH is 1. The molecule has 2 aliphatic carbocycles. The second-order valence-electron chi connectivity index (χ2n) is 6.78. The summed E-state index contributed by atoms with van der Waals surface area (Å²) in [7, 11) is 2.84. The largest absolute Gasteiger partial charge is 0.469 e. The molecule has 1 N–H and O–H groups in total. The first-order valence-corrected chi connectivity index (χ1v) is 8.40. The van der Waals surface area contributed by atoms with E-state index in [2.05, 4.69) is 0 Å². The van der Waals surface area contributed by atoms with E-state index in [1.54, 1.807) is 0 Å². The van der Waals surface area contributed by atoms with Crippen molar-refractivity contribution >= 4 is 11.9 Å². The van der Waals surface area contributed by atoms with Crippen molar-refractivity contribution in [2.45, 2.75) is 57.5 Å². The first-order chi connectivity index (χ1) is 10.6. The molecule has 0 spiro atoms. The molecule has 0 aromatic rings. The molecule has 5 nitrogen and oxygen atoms in total. The molecule has 2 fully saturated rings. The zero-order valence-electron chi connectivity index (χ0n) is 13.6. The van der Waals surface area contributed by atoms with E-state index < -0.39 is 6.10 Å². The van der Waals surface area contributed by atoms with Gasteiger partial charge >= 0.3 is 11.9 Å². The minimum absolute atomic E-state index is 0.0848. The van der Waals surface area contributed by atoms with E-state index in [4.69, 9.17) is 9.47 Å². The third-order valence-corrected chi connectivity index (χ3v) is 5.46. The predicted molar refractivity (Wildman–Crippen MR) is 80.9 cm³/mol. The molecule has 2 saturated carbocycles. The molecule has 0 radical (unpaired) electrons. The molecule has 0 aromatic heterocycles. The van der Waals surface area contributed by atoms with Gasteiger partial charge in [-0.3, -0.25) is 9.59 Å². The highest BCUT2D eigenvalue weighted by atomic mass is 16.5. The highest BCUT2D eigenvalue weighted by Crippen LogP contribution is 2.39. The van der Waals surface area contributed by atoms with Crippen LogP contribution in [-0.2, 0) is 19.1 Å². The van der Waals surface area contributed by atoms with Gasteiger partial charge in [0.1, 0.15) is 0 Å². The lowest BCUT2D eigenvalue weighted by Gasteiger charge is -2.37. The lowest BCUT2D eigenvalue weighted by molar-refractivity contribution is -0.148. The minimum atomic E-state index is -0.431. The molecule has 2 rings (SSSR count). The normalized spacial score (nSPS) is 33.8. The summed E-state index contributed by atoms with van der Waals surface area (Å²) in [4.78, 5) is 23.5. The average Bonchev–Trinajstić information content (AvgIpc) is 2.59. The Morgan fingerprint density at radius 1 is 0.864 bits per heavy atom. The highest BCUT2D eigenvalue weighted by Gasteiger charge is 2.38. The Hall–Kier alpha value is -1.10. The van der Waals surface area contributed by atoms with Gasteiger partial charge in [-0.25, -0.2) is 0 Å². The number of esters is 2. The van der Waals surface area contributed by atoms with Crippen molar-refractivity contribution in [3.63, 3.8) is 0 Å². The number of ether oxygens (including phenoxy) is 2. The van der Waals surface area contributed by atoms with E-state index in [1.165, 1.54) is 14.2 Å². The third-order valence-electron chi connectivity index (χ3n) is 5.46. The maximum absolute atomic E-state index is 11.7. The molecule has 0 aromatic carbocycles. The van der Waals surface area contributed by atoms with Crippen molar-refractivity contribution in [3.8, 4) is 0 Å². The molecular formula is C17H28O5. The van der Waals surface area contributed by atoms with Gasteiger partial charge in [0.05, 0.1) is 32.2 Å².